The first-order chi connectivity index (χ1) is 9.51. The molecule has 0 amide bonds. The summed E-state index contributed by atoms with van der Waals surface area (Å²) in [5, 5.41) is 4.56. The fraction of sp³-hybridized carbons (Fsp3) is 0.438. The van der Waals surface area contributed by atoms with Crippen LogP contribution in [0.15, 0.2) is 18.2 Å². The van der Waals surface area contributed by atoms with Crippen molar-refractivity contribution in [2.45, 2.75) is 40.2 Å². The molecule has 0 radical (unpaired) electrons. The van der Waals surface area contributed by atoms with E-state index in [9.17, 15) is 4.39 Å². The van der Waals surface area contributed by atoms with E-state index >= 15 is 0 Å². The maximum absolute atomic E-state index is 13.7. The molecule has 1 N–H and O–H groups in total. The van der Waals surface area contributed by atoms with Gasteiger partial charge >= 0.3 is 0 Å². The highest BCUT2D eigenvalue weighted by molar-refractivity contribution is 7.11. The van der Waals surface area contributed by atoms with Gasteiger partial charge in [-0.15, -0.1) is 11.3 Å². The summed E-state index contributed by atoms with van der Waals surface area (Å²) < 4.78 is 13.7. The standard InChI is InChI=1S/C16H21FN2S/c1-5-6-18-15(16-11(3)19-12(4)20-16)13-7-10(2)8-14(17)9-13/h7-9,15,18H,5-6H2,1-4H3. The lowest BCUT2D eigenvalue weighted by molar-refractivity contribution is 0.587. The van der Waals surface area contributed by atoms with Crippen molar-refractivity contribution in [2.24, 2.45) is 0 Å². The van der Waals surface area contributed by atoms with E-state index in [1.54, 1.807) is 23.5 Å². The summed E-state index contributed by atoms with van der Waals surface area (Å²) in [7, 11) is 0. The van der Waals surface area contributed by atoms with Crippen molar-refractivity contribution in [1.29, 1.82) is 0 Å². The second-order valence-electron chi connectivity index (χ2n) is 5.13. The molecule has 108 valence electrons. The zero-order valence-electron chi connectivity index (χ0n) is 12.5. The average molecular weight is 292 g/mol. The van der Waals surface area contributed by atoms with Crippen LogP contribution in [0.5, 0.6) is 0 Å². The molecule has 1 aromatic heterocycles. The van der Waals surface area contributed by atoms with E-state index in [0.29, 0.717) is 0 Å². The zero-order valence-corrected chi connectivity index (χ0v) is 13.3. The van der Waals surface area contributed by atoms with Crippen LogP contribution in [0.4, 0.5) is 4.39 Å². The molecule has 1 aromatic carbocycles. The summed E-state index contributed by atoms with van der Waals surface area (Å²) in [5.74, 6) is -0.179. The van der Waals surface area contributed by atoms with E-state index in [0.717, 1.165) is 34.8 Å². The summed E-state index contributed by atoms with van der Waals surface area (Å²) in [6, 6.07) is 5.25. The number of nitrogens with one attached hydrogen (secondary N) is 1. The molecule has 0 saturated heterocycles. The van der Waals surface area contributed by atoms with Crippen LogP contribution in [0.25, 0.3) is 0 Å². The minimum absolute atomic E-state index is 0.0237. The van der Waals surface area contributed by atoms with E-state index in [1.165, 1.54) is 4.88 Å². The van der Waals surface area contributed by atoms with Crippen molar-refractivity contribution in [3.05, 3.63) is 50.7 Å². The summed E-state index contributed by atoms with van der Waals surface area (Å²) in [6.45, 7) is 8.98. The van der Waals surface area contributed by atoms with Gasteiger partial charge in [-0.2, -0.15) is 0 Å². The Morgan fingerprint density at radius 1 is 1.25 bits per heavy atom. The van der Waals surface area contributed by atoms with Crippen LogP contribution in [0.3, 0.4) is 0 Å². The normalized spacial score (nSPS) is 12.7. The predicted octanol–water partition coefficient (Wildman–Crippen LogP) is 4.30. The van der Waals surface area contributed by atoms with Crippen LogP contribution in [-0.2, 0) is 0 Å². The summed E-state index contributed by atoms with van der Waals surface area (Å²) in [4.78, 5) is 5.68. The van der Waals surface area contributed by atoms with Crippen LogP contribution < -0.4 is 5.32 Å². The number of aryl methyl sites for hydroxylation is 3. The quantitative estimate of drug-likeness (QED) is 0.889. The minimum atomic E-state index is -0.179. The van der Waals surface area contributed by atoms with Gasteiger partial charge in [0.2, 0.25) is 0 Å². The van der Waals surface area contributed by atoms with E-state index in [1.807, 2.05) is 26.8 Å². The van der Waals surface area contributed by atoms with Crippen LogP contribution in [0, 0.1) is 26.6 Å². The Labute approximate surface area is 124 Å². The van der Waals surface area contributed by atoms with Gasteiger partial charge in [0.25, 0.3) is 0 Å². The largest absolute Gasteiger partial charge is 0.306 e. The van der Waals surface area contributed by atoms with E-state index in [4.69, 9.17) is 0 Å². The Morgan fingerprint density at radius 3 is 2.55 bits per heavy atom. The number of rotatable bonds is 5. The highest BCUT2D eigenvalue weighted by Gasteiger charge is 2.19. The molecule has 1 unspecified atom stereocenters. The number of hydrogen-bond donors (Lipinski definition) is 1. The fourth-order valence-electron chi connectivity index (χ4n) is 2.40. The van der Waals surface area contributed by atoms with Gasteiger partial charge in [0.15, 0.2) is 0 Å². The van der Waals surface area contributed by atoms with Gasteiger partial charge in [0.05, 0.1) is 16.7 Å². The molecule has 2 nitrogen and oxygen atoms in total. The van der Waals surface area contributed by atoms with Gasteiger partial charge in [0.1, 0.15) is 5.82 Å². The molecule has 0 bridgehead atoms. The molecular formula is C16H21FN2S. The molecule has 20 heavy (non-hydrogen) atoms. The van der Waals surface area contributed by atoms with Gasteiger partial charge in [0, 0.05) is 4.88 Å². The SMILES string of the molecule is CCCNC(c1cc(C)cc(F)c1)c1sc(C)nc1C. The smallest absolute Gasteiger partial charge is 0.123 e. The number of hydrogen-bond acceptors (Lipinski definition) is 3. The van der Waals surface area contributed by atoms with Gasteiger partial charge in [-0.05, 0) is 57.0 Å². The lowest BCUT2D eigenvalue weighted by Gasteiger charge is -2.19. The second kappa shape index (κ2) is 6.46. The first-order valence-electron chi connectivity index (χ1n) is 6.95. The molecule has 1 heterocycles. The summed E-state index contributed by atoms with van der Waals surface area (Å²) >= 11 is 1.68. The number of thiazole rings is 1. The van der Waals surface area contributed by atoms with Gasteiger partial charge < -0.3 is 5.32 Å². The molecule has 1 atom stereocenters. The van der Waals surface area contributed by atoms with Gasteiger partial charge in [-0.1, -0.05) is 13.0 Å². The molecule has 0 saturated carbocycles. The third kappa shape index (κ3) is 3.44. The van der Waals surface area contributed by atoms with Crippen LogP contribution in [0.2, 0.25) is 0 Å². The first kappa shape index (κ1) is 15.1. The van der Waals surface area contributed by atoms with Gasteiger partial charge in [-0.3, -0.25) is 0 Å². The molecule has 0 aliphatic rings. The van der Waals surface area contributed by atoms with Crippen molar-refractivity contribution in [3.8, 4) is 0 Å². The van der Waals surface area contributed by atoms with Crippen molar-refractivity contribution < 1.29 is 4.39 Å². The molecule has 0 aliphatic heterocycles. The maximum atomic E-state index is 13.7. The molecular weight excluding hydrogens is 271 g/mol. The molecule has 0 spiro atoms. The van der Waals surface area contributed by atoms with Gasteiger partial charge in [-0.25, -0.2) is 9.37 Å². The fourth-order valence-corrected chi connectivity index (χ4v) is 3.43. The first-order valence-corrected chi connectivity index (χ1v) is 7.77. The highest BCUT2D eigenvalue weighted by Crippen LogP contribution is 2.30. The van der Waals surface area contributed by atoms with Crippen LogP contribution >= 0.6 is 11.3 Å². The number of benzene rings is 1. The molecule has 0 fully saturated rings. The van der Waals surface area contributed by atoms with Crippen molar-refractivity contribution in [3.63, 3.8) is 0 Å². The summed E-state index contributed by atoms with van der Waals surface area (Å²) in [6.07, 6.45) is 1.04. The Hall–Kier alpha value is -1.26. The lowest BCUT2D eigenvalue weighted by atomic mass is 10.0. The number of halogens is 1. The molecule has 2 aromatic rings. The second-order valence-corrected chi connectivity index (χ2v) is 6.37. The van der Waals surface area contributed by atoms with E-state index in [-0.39, 0.29) is 11.9 Å². The predicted molar refractivity (Wildman–Crippen MR) is 82.9 cm³/mol. The Kier molecular flexibility index (Phi) is 4.89. The molecule has 4 heteroatoms. The number of nitrogens with zero attached hydrogens (tertiary/aromatic N) is 1. The average Bonchev–Trinajstić information content (AvgIpc) is 2.68. The number of aromatic nitrogens is 1. The van der Waals surface area contributed by atoms with Crippen molar-refractivity contribution >= 4 is 11.3 Å². The van der Waals surface area contributed by atoms with Crippen LogP contribution in [0.1, 0.15) is 46.1 Å². The Balaban J connectivity index is 2.43. The van der Waals surface area contributed by atoms with Crippen molar-refractivity contribution in [2.75, 3.05) is 6.54 Å². The lowest BCUT2D eigenvalue weighted by Crippen LogP contribution is -2.23. The molecule has 2 rings (SSSR count). The molecule has 0 aliphatic carbocycles. The summed E-state index contributed by atoms with van der Waals surface area (Å²) in [5.41, 5.74) is 2.95. The van der Waals surface area contributed by atoms with Crippen LogP contribution in [-0.4, -0.2) is 11.5 Å². The third-order valence-corrected chi connectivity index (χ3v) is 4.34. The monoisotopic (exact) mass is 292 g/mol. The maximum Gasteiger partial charge on any atom is 0.123 e. The third-order valence-electron chi connectivity index (χ3n) is 3.20. The van der Waals surface area contributed by atoms with Crippen molar-refractivity contribution in [1.82, 2.24) is 10.3 Å². The minimum Gasteiger partial charge on any atom is -0.306 e. The highest BCUT2D eigenvalue weighted by atomic mass is 32.1. The Morgan fingerprint density at radius 2 is 2.00 bits per heavy atom. The Bertz CT molecular complexity index is 572. The topological polar surface area (TPSA) is 24.9 Å². The van der Waals surface area contributed by atoms with E-state index < -0.39 is 0 Å². The van der Waals surface area contributed by atoms with E-state index in [2.05, 4.69) is 17.2 Å². The zero-order chi connectivity index (χ0) is 14.7.